The topological polar surface area (TPSA) is 70.6 Å². The Morgan fingerprint density at radius 2 is 1.74 bits per heavy atom. The minimum Gasteiger partial charge on any atom is -0.484 e. The van der Waals surface area contributed by atoms with Gasteiger partial charge in [-0.05, 0) is 23.8 Å². The summed E-state index contributed by atoms with van der Waals surface area (Å²) < 4.78 is 43.6. The molecule has 1 aromatic heterocycles. The maximum absolute atomic E-state index is 12.8. The number of rotatable bonds is 7. The lowest BCUT2D eigenvalue weighted by Crippen LogP contribution is -2.46. The number of piperazine rings is 1. The van der Waals surface area contributed by atoms with Crippen molar-refractivity contribution in [2.45, 2.75) is 12.7 Å². The fraction of sp³-hybridized carbons (Fsp3) is 0.292. The highest BCUT2D eigenvalue weighted by atomic mass is 19.4. The van der Waals surface area contributed by atoms with Gasteiger partial charge in [0.15, 0.2) is 6.61 Å². The van der Waals surface area contributed by atoms with E-state index in [-0.39, 0.29) is 5.75 Å². The smallest absolute Gasteiger partial charge is 0.416 e. The number of ether oxygens (including phenoxy) is 1. The first-order valence-corrected chi connectivity index (χ1v) is 10.8. The zero-order chi connectivity index (χ0) is 24.0. The zero-order valence-corrected chi connectivity index (χ0v) is 18.3. The fourth-order valence-electron chi connectivity index (χ4n) is 3.66. The number of halogens is 3. The molecule has 1 aliphatic heterocycles. The fourth-order valence-corrected chi connectivity index (χ4v) is 3.66. The molecule has 3 aromatic rings. The van der Waals surface area contributed by atoms with Gasteiger partial charge in [-0.3, -0.25) is 9.69 Å². The summed E-state index contributed by atoms with van der Waals surface area (Å²) >= 11 is 0. The largest absolute Gasteiger partial charge is 0.484 e. The number of amides is 1. The SMILES string of the molecule is O=C(COc1cccc(C(F)(F)F)c1)Nc1cc(N2CCN(Cc3ccccc3)CC2)ncn1. The van der Waals surface area contributed by atoms with Crippen molar-refractivity contribution in [3.8, 4) is 5.75 Å². The molecule has 0 atom stereocenters. The van der Waals surface area contributed by atoms with Crippen LogP contribution in [-0.4, -0.2) is 53.6 Å². The molecule has 1 aliphatic rings. The van der Waals surface area contributed by atoms with Crippen LogP contribution in [0.4, 0.5) is 24.8 Å². The Morgan fingerprint density at radius 1 is 0.971 bits per heavy atom. The summed E-state index contributed by atoms with van der Waals surface area (Å²) in [4.78, 5) is 25.1. The van der Waals surface area contributed by atoms with Gasteiger partial charge in [0.05, 0.1) is 5.56 Å². The number of aromatic nitrogens is 2. The van der Waals surface area contributed by atoms with Crippen molar-refractivity contribution in [3.63, 3.8) is 0 Å². The number of nitrogens with zero attached hydrogens (tertiary/aromatic N) is 4. The Labute approximate surface area is 195 Å². The van der Waals surface area contributed by atoms with Crippen molar-refractivity contribution < 1.29 is 22.7 Å². The number of benzene rings is 2. The lowest BCUT2D eigenvalue weighted by atomic mass is 10.2. The van der Waals surface area contributed by atoms with Gasteiger partial charge in [0.25, 0.3) is 5.91 Å². The third kappa shape index (κ3) is 6.44. The second kappa shape index (κ2) is 10.5. The average molecular weight is 471 g/mol. The van der Waals surface area contributed by atoms with Gasteiger partial charge in [-0.25, -0.2) is 9.97 Å². The van der Waals surface area contributed by atoms with E-state index in [0.717, 1.165) is 44.9 Å². The molecule has 178 valence electrons. The summed E-state index contributed by atoms with van der Waals surface area (Å²) in [7, 11) is 0. The third-order valence-corrected chi connectivity index (χ3v) is 5.40. The molecule has 4 rings (SSSR count). The van der Waals surface area contributed by atoms with Crippen LogP contribution < -0.4 is 15.0 Å². The predicted molar refractivity (Wildman–Crippen MR) is 122 cm³/mol. The van der Waals surface area contributed by atoms with Gasteiger partial charge in [-0.15, -0.1) is 0 Å². The van der Waals surface area contributed by atoms with Crippen molar-refractivity contribution in [2.24, 2.45) is 0 Å². The summed E-state index contributed by atoms with van der Waals surface area (Å²) in [6.45, 7) is 3.78. The molecule has 34 heavy (non-hydrogen) atoms. The molecule has 0 bridgehead atoms. The van der Waals surface area contributed by atoms with Gasteiger partial charge < -0.3 is 15.0 Å². The molecule has 2 heterocycles. The second-order valence-electron chi connectivity index (χ2n) is 7.87. The van der Waals surface area contributed by atoms with Gasteiger partial charge >= 0.3 is 6.18 Å². The first kappa shape index (κ1) is 23.5. The minimum atomic E-state index is -4.48. The Bertz CT molecular complexity index is 1100. The van der Waals surface area contributed by atoms with Crippen LogP contribution in [-0.2, 0) is 17.5 Å². The molecule has 1 saturated heterocycles. The molecule has 10 heteroatoms. The molecular weight excluding hydrogens is 447 g/mol. The van der Waals surface area contributed by atoms with Crippen molar-refractivity contribution in [2.75, 3.05) is 43.0 Å². The van der Waals surface area contributed by atoms with Crippen molar-refractivity contribution in [1.29, 1.82) is 0 Å². The zero-order valence-electron chi connectivity index (χ0n) is 18.3. The Hall–Kier alpha value is -3.66. The summed E-state index contributed by atoms with van der Waals surface area (Å²) in [5.74, 6) is 0.425. The molecule has 0 saturated carbocycles. The maximum atomic E-state index is 12.8. The van der Waals surface area contributed by atoms with E-state index in [0.29, 0.717) is 11.6 Å². The Kier molecular flexibility index (Phi) is 7.27. The van der Waals surface area contributed by atoms with Gasteiger partial charge in [0, 0.05) is 38.8 Å². The molecule has 7 nitrogen and oxygen atoms in total. The van der Waals surface area contributed by atoms with E-state index >= 15 is 0 Å². The first-order chi connectivity index (χ1) is 16.4. The summed E-state index contributed by atoms with van der Waals surface area (Å²) in [6, 6.07) is 16.4. The number of carbonyl (C=O) groups is 1. The number of nitrogens with one attached hydrogen (secondary N) is 1. The Morgan fingerprint density at radius 3 is 2.47 bits per heavy atom. The molecule has 0 unspecified atom stereocenters. The molecule has 2 aromatic carbocycles. The number of hydrogen-bond acceptors (Lipinski definition) is 6. The normalized spacial score (nSPS) is 14.6. The van der Waals surface area contributed by atoms with Gasteiger partial charge in [-0.2, -0.15) is 13.2 Å². The van der Waals surface area contributed by atoms with Crippen LogP contribution in [0.25, 0.3) is 0 Å². The lowest BCUT2D eigenvalue weighted by molar-refractivity contribution is -0.137. The van der Waals surface area contributed by atoms with E-state index < -0.39 is 24.3 Å². The molecule has 1 fully saturated rings. The highest BCUT2D eigenvalue weighted by Crippen LogP contribution is 2.31. The molecular formula is C24H24F3N5O2. The van der Waals surface area contributed by atoms with Crippen LogP contribution in [0.5, 0.6) is 5.75 Å². The van der Waals surface area contributed by atoms with Gasteiger partial charge in [-0.1, -0.05) is 36.4 Å². The van der Waals surface area contributed by atoms with Gasteiger partial charge in [0.1, 0.15) is 23.7 Å². The van der Waals surface area contributed by atoms with Crippen LogP contribution in [0.3, 0.4) is 0 Å². The molecule has 0 aliphatic carbocycles. The highest BCUT2D eigenvalue weighted by molar-refractivity contribution is 5.91. The first-order valence-electron chi connectivity index (χ1n) is 10.8. The Balaban J connectivity index is 1.28. The van der Waals surface area contributed by atoms with Crippen molar-refractivity contribution in [3.05, 3.63) is 78.1 Å². The van der Waals surface area contributed by atoms with E-state index in [2.05, 4.69) is 37.2 Å². The number of anilines is 2. The monoisotopic (exact) mass is 471 g/mol. The van der Waals surface area contributed by atoms with Crippen LogP contribution >= 0.6 is 0 Å². The maximum Gasteiger partial charge on any atom is 0.416 e. The highest BCUT2D eigenvalue weighted by Gasteiger charge is 2.30. The third-order valence-electron chi connectivity index (χ3n) is 5.40. The van der Waals surface area contributed by atoms with Crippen molar-refractivity contribution >= 4 is 17.5 Å². The summed E-state index contributed by atoms with van der Waals surface area (Å²) in [6.07, 6.45) is -3.11. The standard InChI is InChI=1S/C24H24F3N5O2/c25-24(26,27)19-7-4-8-20(13-19)34-16-23(33)30-21-14-22(29-17-28-21)32-11-9-31(10-12-32)15-18-5-2-1-3-6-18/h1-8,13-14,17H,9-12,15-16H2,(H,28,29,30,33). The average Bonchev–Trinajstić information content (AvgIpc) is 2.84. The minimum absolute atomic E-state index is 0.0401. The van der Waals surface area contributed by atoms with E-state index in [1.165, 1.54) is 24.0 Å². The molecule has 0 spiro atoms. The van der Waals surface area contributed by atoms with E-state index in [4.69, 9.17) is 4.74 Å². The molecule has 1 amide bonds. The van der Waals surface area contributed by atoms with Crippen molar-refractivity contribution in [1.82, 2.24) is 14.9 Å². The van der Waals surface area contributed by atoms with Gasteiger partial charge in [0.2, 0.25) is 0 Å². The van der Waals surface area contributed by atoms with Crippen LogP contribution in [0.15, 0.2) is 67.0 Å². The predicted octanol–water partition coefficient (Wildman–Crippen LogP) is 3.84. The van der Waals surface area contributed by atoms with Crippen LogP contribution in [0.1, 0.15) is 11.1 Å². The summed E-state index contributed by atoms with van der Waals surface area (Å²) in [5, 5.41) is 2.60. The number of carbonyl (C=O) groups excluding carboxylic acids is 1. The van der Waals surface area contributed by atoms with E-state index in [9.17, 15) is 18.0 Å². The lowest BCUT2D eigenvalue weighted by Gasteiger charge is -2.35. The number of hydrogen-bond donors (Lipinski definition) is 1. The van der Waals surface area contributed by atoms with Crippen LogP contribution in [0, 0.1) is 0 Å². The van der Waals surface area contributed by atoms with E-state index in [1.54, 1.807) is 6.07 Å². The summed E-state index contributed by atoms with van der Waals surface area (Å²) in [5.41, 5.74) is 0.435. The molecule has 1 N–H and O–H groups in total. The van der Waals surface area contributed by atoms with E-state index in [1.807, 2.05) is 18.2 Å². The second-order valence-corrected chi connectivity index (χ2v) is 7.87. The number of alkyl halides is 3. The van der Waals surface area contributed by atoms with Crippen LogP contribution in [0.2, 0.25) is 0 Å². The molecule has 0 radical (unpaired) electrons. The quantitative estimate of drug-likeness (QED) is 0.565.